The number of morpholine rings is 1. The van der Waals surface area contributed by atoms with E-state index in [0.29, 0.717) is 19.6 Å². The summed E-state index contributed by atoms with van der Waals surface area (Å²) < 4.78 is 11.5. The van der Waals surface area contributed by atoms with E-state index in [4.69, 9.17) is 9.47 Å². The molecule has 2 amide bonds. The molecule has 6 rings (SSSR count). The van der Waals surface area contributed by atoms with Gasteiger partial charge < -0.3 is 29.2 Å². The Bertz CT molecular complexity index is 1280. The number of carbonyl (C=O) groups is 2. The van der Waals surface area contributed by atoms with E-state index in [1.165, 1.54) is 4.90 Å². The highest BCUT2D eigenvalue weighted by molar-refractivity contribution is 5.97. The van der Waals surface area contributed by atoms with Crippen molar-refractivity contribution in [3.05, 3.63) is 65.4 Å². The largest absolute Gasteiger partial charge is 0.494 e. The Morgan fingerprint density at radius 1 is 1.08 bits per heavy atom. The molecule has 0 aliphatic carbocycles. The average Bonchev–Trinajstić information content (AvgIpc) is 3.28. The van der Waals surface area contributed by atoms with Crippen LogP contribution in [0.25, 0.3) is 10.9 Å². The van der Waals surface area contributed by atoms with E-state index in [1.54, 1.807) is 4.90 Å². The van der Waals surface area contributed by atoms with Crippen molar-refractivity contribution in [2.45, 2.75) is 25.4 Å². The number of aromatic amines is 1. The van der Waals surface area contributed by atoms with Crippen LogP contribution in [0, 0.1) is 0 Å². The predicted octanol–water partition coefficient (Wildman–Crippen LogP) is 1.17. The number of quaternary nitrogens is 1. The van der Waals surface area contributed by atoms with Gasteiger partial charge in [-0.3, -0.25) is 9.59 Å². The van der Waals surface area contributed by atoms with E-state index in [1.807, 2.05) is 48.2 Å². The van der Waals surface area contributed by atoms with E-state index in [0.717, 1.165) is 66.3 Å². The third-order valence-corrected chi connectivity index (χ3v) is 7.79. The number of hydrogen-bond acceptors (Lipinski definition) is 4. The van der Waals surface area contributed by atoms with Gasteiger partial charge in [0.15, 0.2) is 0 Å². The fourth-order valence-electron chi connectivity index (χ4n) is 6.03. The van der Waals surface area contributed by atoms with Crippen molar-refractivity contribution in [3.63, 3.8) is 0 Å². The SMILES string of the molecule is CCOc1ccccc1[C@H]1c2[nH]c3ccccc3c2C[C@H]2C(=O)N(CC[NH+]3CCOCC3)CC(=O)N12. The zero-order valence-corrected chi connectivity index (χ0v) is 20.7. The molecule has 188 valence electrons. The quantitative estimate of drug-likeness (QED) is 0.545. The highest BCUT2D eigenvalue weighted by Crippen LogP contribution is 2.44. The average molecular weight is 490 g/mol. The van der Waals surface area contributed by atoms with E-state index < -0.39 is 12.1 Å². The second-order valence-electron chi connectivity index (χ2n) is 9.83. The number of H-pyrrole nitrogens is 1. The number of hydrogen-bond donors (Lipinski definition) is 2. The number of ether oxygens (including phenoxy) is 2. The summed E-state index contributed by atoms with van der Waals surface area (Å²) in [6.07, 6.45) is 0.512. The lowest BCUT2D eigenvalue weighted by Crippen LogP contribution is -3.14. The summed E-state index contributed by atoms with van der Waals surface area (Å²) in [5, 5.41) is 1.11. The number of fused-ring (bicyclic) bond motifs is 4. The molecule has 0 unspecified atom stereocenters. The first-order valence-corrected chi connectivity index (χ1v) is 13.0. The summed E-state index contributed by atoms with van der Waals surface area (Å²) >= 11 is 0. The first kappa shape index (κ1) is 23.1. The number of amides is 2. The highest BCUT2D eigenvalue weighted by Gasteiger charge is 2.48. The number of nitrogens with zero attached hydrogens (tertiary/aromatic N) is 2. The molecule has 36 heavy (non-hydrogen) atoms. The predicted molar refractivity (Wildman–Crippen MR) is 135 cm³/mol. The number of nitrogens with one attached hydrogen (secondary N) is 2. The molecular weight excluding hydrogens is 456 g/mol. The number of para-hydroxylation sites is 2. The lowest BCUT2D eigenvalue weighted by molar-refractivity contribution is -0.907. The van der Waals surface area contributed by atoms with E-state index in [2.05, 4.69) is 17.1 Å². The van der Waals surface area contributed by atoms with Crippen LogP contribution < -0.4 is 9.64 Å². The third-order valence-electron chi connectivity index (χ3n) is 7.79. The Balaban J connectivity index is 1.39. The molecule has 2 aromatic carbocycles. The lowest BCUT2D eigenvalue weighted by atomic mass is 9.86. The summed E-state index contributed by atoms with van der Waals surface area (Å²) in [5.74, 6) is 0.767. The van der Waals surface area contributed by atoms with Gasteiger partial charge >= 0.3 is 0 Å². The molecule has 0 radical (unpaired) electrons. The molecule has 3 aliphatic rings. The van der Waals surface area contributed by atoms with Crippen LogP contribution in [0.4, 0.5) is 0 Å². The summed E-state index contributed by atoms with van der Waals surface area (Å²) in [7, 11) is 0. The van der Waals surface area contributed by atoms with Gasteiger partial charge in [0, 0.05) is 28.6 Å². The maximum Gasteiger partial charge on any atom is 0.246 e. The molecule has 1 aromatic heterocycles. The van der Waals surface area contributed by atoms with Crippen LogP contribution in [0.2, 0.25) is 0 Å². The van der Waals surface area contributed by atoms with Crippen LogP contribution in [0.3, 0.4) is 0 Å². The fourth-order valence-corrected chi connectivity index (χ4v) is 6.03. The van der Waals surface area contributed by atoms with Gasteiger partial charge in [0.1, 0.15) is 37.5 Å². The first-order chi connectivity index (χ1) is 17.7. The number of rotatable bonds is 6. The molecule has 3 aromatic rings. The van der Waals surface area contributed by atoms with Crippen molar-refractivity contribution in [2.24, 2.45) is 0 Å². The van der Waals surface area contributed by atoms with Crippen molar-refractivity contribution in [1.82, 2.24) is 14.8 Å². The van der Waals surface area contributed by atoms with Gasteiger partial charge in [0.2, 0.25) is 11.8 Å². The summed E-state index contributed by atoms with van der Waals surface area (Å²) in [6.45, 7) is 7.42. The summed E-state index contributed by atoms with van der Waals surface area (Å²) in [4.78, 5) is 36.3. The fraction of sp³-hybridized carbons (Fsp3) is 0.429. The molecule has 2 saturated heterocycles. The van der Waals surface area contributed by atoms with Gasteiger partial charge in [0.05, 0.1) is 32.9 Å². The second kappa shape index (κ2) is 9.59. The Hall–Kier alpha value is -3.36. The summed E-state index contributed by atoms with van der Waals surface area (Å²) in [5.41, 5.74) is 4.02. The summed E-state index contributed by atoms with van der Waals surface area (Å²) in [6, 6.07) is 15.1. The van der Waals surface area contributed by atoms with E-state index in [9.17, 15) is 9.59 Å². The molecule has 2 fully saturated rings. The van der Waals surface area contributed by atoms with Gasteiger partial charge in [-0.25, -0.2) is 0 Å². The highest BCUT2D eigenvalue weighted by atomic mass is 16.5. The molecule has 2 N–H and O–H groups in total. The molecule has 4 heterocycles. The zero-order chi connectivity index (χ0) is 24.6. The van der Waals surface area contributed by atoms with Crippen molar-refractivity contribution >= 4 is 22.7 Å². The van der Waals surface area contributed by atoms with Crippen molar-refractivity contribution < 1.29 is 24.0 Å². The van der Waals surface area contributed by atoms with Crippen LogP contribution in [-0.4, -0.2) is 85.2 Å². The topological polar surface area (TPSA) is 79.3 Å². The Kier molecular flexibility index (Phi) is 6.15. The van der Waals surface area contributed by atoms with Crippen LogP contribution >= 0.6 is 0 Å². The van der Waals surface area contributed by atoms with E-state index >= 15 is 0 Å². The number of carbonyl (C=O) groups excluding carboxylic acids is 2. The van der Waals surface area contributed by atoms with Gasteiger partial charge in [-0.2, -0.15) is 0 Å². The molecule has 8 nitrogen and oxygen atoms in total. The smallest absolute Gasteiger partial charge is 0.246 e. The van der Waals surface area contributed by atoms with Crippen LogP contribution in [0.15, 0.2) is 48.5 Å². The number of aromatic nitrogens is 1. The Morgan fingerprint density at radius 2 is 1.86 bits per heavy atom. The number of piperazine rings is 1. The van der Waals surface area contributed by atoms with Gasteiger partial charge in [-0.05, 0) is 24.6 Å². The molecule has 0 bridgehead atoms. The molecule has 0 spiro atoms. The zero-order valence-electron chi connectivity index (χ0n) is 20.7. The van der Waals surface area contributed by atoms with E-state index in [-0.39, 0.29) is 18.4 Å². The monoisotopic (exact) mass is 489 g/mol. The van der Waals surface area contributed by atoms with Crippen molar-refractivity contribution in [1.29, 1.82) is 0 Å². The minimum atomic E-state index is -0.530. The maximum atomic E-state index is 13.9. The lowest BCUT2D eigenvalue weighted by Gasteiger charge is -2.47. The Labute approximate surface area is 210 Å². The molecular formula is C28H33N4O4+. The van der Waals surface area contributed by atoms with Crippen molar-refractivity contribution in [3.8, 4) is 5.75 Å². The van der Waals surface area contributed by atoms with Crippen LogP contribution in [0.5, 0.6) is 5.75 Å². The first-order valence-electron chi connectivity index (χ1n) is 13.0. The van der Waals surface area contributed by atoms with Gasteiger partial charge in [0.25, 0.3) is 0 Å². The van der Waals surface area contributed by atoms with Crippen LogP contribution in [-0.2, 0) is 20.7 Å². The maximum absolute atomic E-state index is 13.9. The molecule has 0 saturated carbocycles. The van der Waals surface area contributed by atoms with Crippen LogP contribution in [0.1, 0.15) is 29.8 Å². The Morgan fingerprint density at radius 3 is 2.69 bits per heavy atom. The van der Waals surface area contributed by atoms with Gasteiger partial charge in [-0.1, -0.05) is 36.4 Å². The normalized spacial score (nSPS) is 22.6. The van der Waals surface area contributed by atoms with Gasteiger partial charge in [-0.15, -0.1) is 0 Å². The molecule has 8 heteroatoms. The standard InChI is InChI=1S/C28H32N4O4/c1-2-36-24-10-6-4-8-20(24)27-26-21(19-7-3-5-9-22(19)29-26)17-23-28(34)31(18-25(33)32(23)27)12-11-30-13-15-35-16-14-30/h3-10,23,27,29H,2,11-18H2,1H3/p+1/t23-,27-/m0/s1. The minimum Gasteiger partial charge on any atom is -0.494 e. The molecule has 2 atom stereocenters. The second-order valence-corrected chi connectivity index (χ2v) is 9.83. The molecule has 3 aliphatic heterocycles. The third kappa shape index (κ3) is 3.94. The van der Waals surface area contributed by atoms with Crippen molar-refractivity contribution in [2.75, 3.05) is 52.5 Å². The minimum absolute atomic E-state index is 0.0165. The number of benzene rings is 2.